The molecule has 7 heteroatoms. The number of aromatic nitrogens is 1. The second-order valence-corrected chi connectivity index (χ2v) is 3.15. The van der Waals surface area contributed by atoms with E-state index in [1.165, 1.54) is 18.2 Å². The minimum Gasteiger partial charge on any atom is -0.364 e. The SMILES string of the molecule is FC(F)C(F)(F)CNc1cccc(Cl)n1. The standard InChI is InChI=1S/C8H7ClF4N2/c9-5-2-1-3-6(15-5)14-4-8(12,13)7(10)11/h1-3,7H,4H2,(H,14,15). The summed E-state index contributed by atoms with van der Waals surface area (Å²) in [7, 11) is 0. The number of nitrogens with zero attached hydrogens (tertiary/aromatic N) is 1. The molecule has 1 rings (SSSR count). The maximum Gasteiger partial charge on any atom is 0.324 e. The zero-order valence-electron chi connectivity index (χ0n) is 7.35. The van der Waals surface area contributed by atoms with E-state index in [4.69, 9.17) is 11.6 Å². The van der Waals surface area contributed by atoms with Crippen LogP contribution >= 0.6 is 11.6 Å². The molecule has 0 saturated carbocycles. The Kier molecular flexibility index (Phi) is 3.73. The van der Waals surface area contributed by atoms with Gasteiger partial charge in [0.05, 0.1) is 6.54 Å². The summed E-state index contributed by atoms with van der Waals surface area (Å²) >= 11 is 5.47. The summed E-state index contributed by atoms with van der Waals surface area (Å²) in [5, 5.41) is 2.18. The number of pyridine rings is 1. The molecule has 0 bridgehead atoms. The van der Waals surface area contributed by atoms with Crippen LogP contribution < -0.4 is 5.32 Å². The van der Waals surface area contributed by atoms with Crippen LogP contribution in [0.4, 0.5) is 23.4 Å². The van der Waals surface area contributed by atoms with Crippen LogP contribution in [0.15, 0.2) is 18.2 Å². The fraction of sp³-hybridized carbons (Fsp3) is 0.375. The van der Waals surface area contributed by atoms with Gasteiger partial charge < -0.3 is 5.32 Å². The van der Waals surface area contributed by atoms with Gasteiger partial charge in [-0.3, -0.25) is 0 Å². The third-order valence-corrected chi connectivity index (χ3v) is 1.75. The molecule has 1 heterocycles. The molecular weight excluding hydrogens is 236 g/mol. The van der Waals surface area contributed by atoms with E-state index in [1.54, 1.807) is 0 Å². The van der Waals surface area contributed by atoms with E-state index in [1.807, 2.05) is 0 Å². The lowest BCUT2D eigenvalue weighted by atomic mass is 10.3. The lowest BCUT2D eigenvalue weighted by Gasteiger charge is -2.15. The van der Waals surface area contributed by atoms with E-state index in [0.29, 0.717) is 0 Å². The van der Waals surface area contributed by atoms with E-state index in [-0.39, 0.29) is 11.0 Å². The Balaban J connectivity index is 2.57. The van der Waals surface area contributed by atoms with E-state index in [2.05, 4.69) is 10.3 Å². The topological polar surface area (TPSA) is 24.9 Å². The highest BCUT2D eigenvalue weighted by molar-refractivity contribution is 6.29. The molecule has 0 aliphatic rings. The predicted octanol–water partition coefficient (Wildman–Crippen LogP) is 3.05. The van der Waals surface area contributed by atoms with E-state index < -0.39 is 18.9 Å². The quantitative estimate of drug-likeness (QED) is 0.648. The van der Waals surface area contributed by atoms with E-state index in [9.17, 15) is 17.6 Å². The molecule has 1 N–H and O–H groups in total. The fourth-order valence-corrected chi connectivity index (χ4v) is 0.956. The van der Waals surface area contributed by atoms with E-state index in [0.717, 1.165) is 0 Å². The summed E-state index contributed by atoms with van der Waals surface area (Å²) in [4.78, 5) is 3.61. The van der Waals surface area contributed by atoms with Gasteiger partial charge in [-0.1, -0.05) is 17.7 Å². The summed E-state index contributed by atoms with van der Waals surface area (Å²) < 4.78 is 48.4. The van der Waals surface area contributed by atoms with Crippen LogP contribution in [0, 0.1) is 0 Å². The van der Waals surface area contributed by atoms with Crippen molar-refractivity contribution in [2.24, 2.45) is 0 Å². The Morgan fingerprint density at radius 2 is 2.07 bits per heavy atom. The molecule has 1 aromatic heterocycles. The first kappa shape index (κ1) is 12.0. The number of hydrogen-bond acceptors (Lipinski definition) is 2. The van der Waals surface area contributed by atoms with Gasteiger partial charge >= 0.3 is 12.3 Å². The highest BCUT2D eigenvalue weighted by atomic mass is 35.5. The van der Waals surface area contributed by atoms with Gasteiger partial charge in [-0.2, -0.15) is 8.78 Å². The van der Waals surface area contributed by atoms with Crippen molar-refractivity contribution >= 4 is 17.4 Å². The van der Waals surface area contributed by atoms with Crippen molar-refractivity contribution in [3.05, 3.63) is 23.4 Å². The normalized spacial score (nSPS) is 11.9. The van der Waals surface area contributed by atoms with Crippen LogP contribution in [-0.4, -0.2) is 23.9 Å². The molecule has 0 aliphatic heterocycles. The number of rotatable bonds is 4. The zero-order valence-corrected chi connectivity index (χ0v) is 8.11. The molecule has 0 aliphatic carbocycles. The molecule has 1 aromatic rings. The molecule has 0 aromatic carbocycles. The van der Waals surface area contributed by atoms with Crippen molar-refractivity contribution in [1.29, 1.82) is 0 Å². The number of halogens is 5. The van der Waals surface area contributed by atoms with Crippen molar-refractivity contribution in [2.45, 2.75) is 12.3 Å². The first-order chi connectivity index (χ1) is 6.92. The van der Waals surface area contributed by atoms with Gasteiger partial charge in [0.1, 0.15) is 11.0 Å². The highest BCUT2D eigenvalue weighted by Crippen LogP contribution is 2.23. The van der Waals surface area contributed by atoms with Crippen molar-refractivity contribution < 1.29 is 17.6 Å². The molecule has 0 saturated heterocycles. The zero-order chi connectivity index (χ0) is 11.5. The van der Waals surface area contributed by atoms with Crippen LogP contribution in [0.1, 0.15) is 0 Å². The van der Waals surface area contributed by atoms with Crippen LogP contribution in [0.25, 0.3) is 0 Å². The van der Waals surface area contributed by atoms with Crippen LogP contribution in [0.3, 0.4) is 0 Å². The molecule has 0 fully saturated rings. The summed E-state index contributed by atoms with van der Waals surface area (Å²) in [5.74, 6) is -4.05. The minimum atomic E-state index is -4.08. The van der Waals surface area contributed by atoms with Gasteiger partial charge in [0.15, 0.2) is 0 Å². The summed E-state index contributed by atoms with van der Waals surface area (Å²) in [5.41, 5.74) is 0. The largest absolute Gasteiger partial charge is 0.364 e. The number of nitrogens with one attached hydrogen (secondary N) is 1. The number of anilines is 1. The van der Waals surface area contributed by atoms with Crippen LogP contribution in [0.5, 0.6) is 0 Å². The van der Waals surface area contributed by atoms with Gasteiger partial charge in [-0.25, -0.2) is 13.8 Å². The molecule has 0 radical (unpaired) electrons. The van der Waals surface area contributed by atoms with Gasteiger partial charge in [0.25, 0.3) is 0 Å². The predicted molar refractivity (Wildman–Crippen MR) is 48.7 cm³/mol. The van der Waals surface area contributed by atoms with Gasteiger partial charge in [0, 0.05) is 0 Å². The lowest BCUT2D eigenvalue weighted by Crippen LogP contribution is -2.35. The second kappa shape index (κ2) is 4.65. The minimum absolute atomic E-state index is 0.0304. The summed E-state index contributed by atoms with van der Waals surface area (Å²) in [6, 6.07) is 4.27. The van der Waals surface area contributed by atoms with E-state index >= 15 is 0 Å². The van der Waals surface area contributed by atoms with Gasteiger partial charge in [0.2, 0.25) is 0 Å². The molecular formula is C8H7ClF4N2. The maximum absolute atomic E-state index is 12.5. The van der Waals surface area contributed by atoms with Crippen molar-refractivity contribution in [1.82, 2.24) is 4.98 Å². The molecule has 0 amide bonds. The number of alkyl halides is 4. The first-order valence-corrected chi connectivity index (χ1v) is 4.32. The fourth-order valence-electron chi connectivity index (χ4n) is 0.792. The average molecular weight is 243 g/mol. The highest BCUT2D eigenvalue weighted by Gasteiger charge is 2.40. The Bertz CT molecular complexity index is 332. The maximum atomic E-state index is 12.5. The smallest absolute Gasteiger partial charge is 0.324 e. The summed E-state index contributed by atoms with van der Waals surface area (Å²) in [6.07, 6.45) is -3.70. The van der Waals surface area contributed by atoms with Crippen molar-refractivity contribution in [3.63, 3.8) is 0 Å². The third-order valence-electron chi connectivity index (χ3n) is 1.54. The lowest BCUT2D eigenvalue weighted by molar-refractivity contribution is -0.117. The number of hydrogen-bond donors (Lipinski definition) is 1. The van der Waals surface area contributed by atoms with Crippen molar-refractivity contribution in [2.75, 3.05) is 11.9 Å². The molecule has 0 atom stereocenters. The first-order valence-electron chi connectivity index (χ1n) is 3.94. The van der Waals surface area contributed by atoms with Gasteiger partial charge in [-0.15, -0.1) is 0 Å². The molecule has 15 heavy (non-hydrogen) atoms. The molecule has 2 nitrogen and oxygen atoms in total. The molecule has 0 unspecified atom stereocenters. The van der Waals surface area contributed by atoms with Gasteiger partial charge in [-0.05, 0) is 12.1 Å². The second-order valence-electron chi connectivity index (χ2n) is 2.76. The average Bonchev–Trinajstić information content (AvgIpc) is 2.15. The molecule has 84 valence electrons. The third kappa shape index (κ3) is 3.54. The Morgan fingerprint density at radius 1 is 1.40 bits per heavy atom. The Hall–Kier alpha value is -1.04. The monoisotopic (exact) mass is 242 g/mol. The Morgan fingerprint density at radius 3 is 2.60 bits per heavy atom. The Labute approximate surface area is 88.3 Å². The van der Waals surface area contributed by atoms with Crippen LogP contribution in [0.2, 0.25) is 5.15 Å². The van der Waals surface area contributed by atoms with Crippen molar-refractivity contribution in [3.8, 4) is 0 Å². The molecule has 0 spiro atoms. The summed E-state index contributed by atoms with van der Waals surface area (Å²) in [6.45, 7) is -1.18. The van der Waals surface area contributed by atoms with Crippen LogP contribution in [-0.2, 0) is 0 Å².